The number of hydrogen-bond donors (Lipinski definition) is 0. The molecule has 0 saturated carbocycles. The lowest BCUT2D eigenvalue weighted by Gasteiger charge is -2.18. The first-order chi connectivity index (χ1) is 5.53. The quantitative estimate of drug-likeness (QED) is 0.728. The van der Waals surface area contributed by atoms with Gasteiger partial charge in [-0.05, 0) is 15.9 Å². The fraction of sp³-hybridized carbons (Fsp3) is 0.444. The molecule has 1 aromatic heterocycles. The topological polar surface area (TPSA) is 17.8 Å². The highest BCUT2D eigenvalue weighted by atomic mass is 79.9. The van der Waals surface area contributed by atoms with E-state index in [9.17, 15) is 0 Å². The molecule has 0 N–H and O–H groups in total. The van der Waals surface area contributed by atoms with Crippen molar-refractivity contribution in [3.8, 4) is 0 Å². The third-order valence-corrected chi connectivity index (χ3v) is 2.13. The van der Waals surface area contributed by atoms with Crippen molar-refractivity contribution in [2.75, 3.05) is 0 Å². The summed E-state index contributed by atoms with van der Waals surface area (Å²) in [6.07, 6.45) is 5.70. The van der Waals surface area contributed by atoms with Crippen molar-refractivity contribution in [1.29, 1.82) is 0 Å². The maximum absolute atomic E-state index is 4.17. The maximum atomic E-state index is 4.17. The largest absolute Gasteiger partial charge is 0.271 e. The van der Waals surface area contributed by atoms with E-state index in [1.807, 2.05) is 17.0 Å². The number of hydrogen-bond acceptors (Lipinski definition) is 1. The summed E-state index contributed by atoms with van der Waals surface area (Å²) >= 11 is 3.35. The Morgan fingerprint density at radius 3 is 2.83 bits per heavy atom. The Bertz CT molecular complexity index is 276. The fourth-order valence-electron chi connectivity index (χ4n) is 0.907. The van der Waals surface area contributed by atoms with E-state index < -0.39 is 0 Å². The Kier molecular flexibility index (Phi) is 2.73. The molecule has 0 amide bonds. The second kappa shape index (κ2) is 3.44. The standard InChI is InChI=1S/C9H13BrN2/c1-4-9(2,3)7-12-6-8(10)5-11-12/h4-6H,1,7H2,2-3H3. The lowest BCUT2D eigenvalue weighted by atomic mass is 9.94. The molecule has 0 unspecified atom stereocenters. The van der Waals surface area contributed by atoms with Crippen LogP contribution in [0.2, 0.25) is 0 Å². The van der Waals surface area contributed by atoms with Crippen LogP contribution in [0.4, 0.5) is 0 Å². The van der Waals surface area contributed by atoms with Crippen molar-refractivity contribution >= 4 is 15.9 Å². The molecule has 0 aliphatic rings. The van der Waals surface area contributed by atoms with Crippen LogP contribution in [-0.2, 0) is 6.54 Å². The van der Waals surface area contributed by atoms with E-state index in [1.54, 1.807) is 6.20 Å². The van der Waals surface area contributed by atoms with Gasteiger partial charge in [-0.2, -0.15) is 5.10 Å². The van der Waals surface area contributed by atoms with E-state index in [0.717, 1.165) is 11.0 Å². The number of halogens is 1. The highest BCUT2D eigenvalue weighted by molar-refractivity contribution is 9.10. The molecular formula is C9H13BrN2. The smallest absolute Gasteiger partial charge is 0.0632 e. The molecule has 0 radical (unpaired) electrons. The molecule has 1 rings (SSSR count). The summed E-state index contributed by atoms with van der Waals surface area (Å²) in [6.45, 7) is 8.91. The molecule has 66 valence electrons. The summed E-state index contributed by atoms with van der Waals surface area (Å²) in [5, 5.41) is 4.17. The van der Waals surface area contributed by atoms with Crippen molar-refractivity contribution < 1.29 is 0 Å². The summed E-state index contributed by atoms with van der Waals surface area (Å²) in [6, 6.07) is 0. The Labute approximate surface area is 81.4 Å². The van der Waals surface area contributed by atoms with Crippen LogP contribution in [0.1, 0.15) is 13.8 Å². The number of rotatable bonds is 3. The highest BCUT2D eigenvalue weighted by Crippen LogP contribution is 2.19. The third kappa shape index (κ3) is 2.48. The van der Waals surface area contributed by atoms with E-state index in [0.29, 0.717) is 0 Å². The lowest BCUT2D eigenvalue weighted by Crippen LogP contribution is -2.16. The molecule has 0 aliphatic carbocycles. The molecule has 1 aromatic rings. The Hall–Kier alpha value is -0.570. The number of allylic oxidation sites excluding steroid dienone is 1. The van der Waals surface area contributed by atoms with Crippen LogP contribution in [0, 0.1) is 5.41 Å². The number of nitrogens with zero attached hydrogens (tertiary/aromatic N) is 2. The summed E-state index contributed by atoms with van der Waals surface area (Å²) in [4.78, 5) is 0. The van der Waals surface area contributed by atoms with E-state index in [-0.39, 0.29) is 5.41 Å². The predicted molar refractivity (Wildman–Crippen MR) is 53.9 cm³/mol. The van der Waals surface area contributed by atoms with Gasteiger partial charge in [0.15, 0.2) is 0 Å². The van der Waals surface area contributed by atoms with Crippen molar-refractivity contribution in [2.45, 2.75) is 20.4 Å². The first-order valence-corrected chi connectivity index (χ1v) is 4.64. The first kappa shape index (κ1) is 9.52. The average molecular weight is 229 g/mol. The first-order valence-electron chi connectivity index (χ1n) is 3.85. The second-order valence-corrected chi connectivity index (χ2v) is 4.46. The van der Waals surface area contributed by atoms with E-state index >= 15 is 0 Å². The molecule has 0 spiro atoms. The molecule has 0 aromatic carbocycles. The van der Waals surface area contributed by atoms with E-state index in [4.69, 9.17) is 0 Å². The molecule has 1 heterocycles. The van der Waals surface area contributed by atoms with Gasteiger partial charge in [0.2, 0.25) is 0 Å². The van der Waals surface area contributed by atoms with Gasteiger partial charge in [-0.25, -0.2) is 0 Å². The minimum Gasteiger partial charge on any atom is -0.271 e. The van der Waals surface area contributed by atoms with Gasteiger partial charge in [0.1, 0.15) is 0 Å². The predicted octanol–water partition coefficient (Wildman–Crippen LogP) is 2.86. The van der Waals surface area contributed by atoms with Crippen LogP contribution in [0.15, 0.2) is 29.5 Å². The zero-order valence-corrected chi connectivity index (χ0v) is 9.00. The van der Waals surface area contributed by atoms with Crippen LogP contribution in [0.25, 0.3) is 0 Å². The molecule has 0 aliphatic heterocycles. The lowest BCUT2D eigenvalue weighted by molar-refractivity contribution is 0.374. The van der Waals surface area contributed by atoms with Gasteiger partial charge in [-0.15, -0.1) is 6.58 Å². The molecule has 0 saturated heterocycles. The van der Waals surface area contributed by atoms with Crippen molar-refractivity contribution in [1.82, 2.24) is 9.78 Å². The average Bonchev–Trinajstić information content (AvgIpc) is 2.35. The van der Waals surface area contributed by atoms with Crippen LogP contribution < -0.4 is 0 Å². The Morgan fingerprint density at radius 2 is 2.42 bits per heavy atom. The maximum Gasteiger partial charge on any atom is 0.0632 e. The van der Waals surface area contributed by atoms with Crippen LogP contribution in [0.3, 0.4) is 0 Å². The SMILES string of the molecule is C=CC(C)(C)Cn1cc(Br)cn1. The van der Waals surface area contributed by atoms with Crippen LogP contribution >= 0.6 is 15.9 Å². The molecule has 0 atom stereocenters. The van der Waals surface area contributed by atoms with Crippen LogP contribution in [0.5, 0.6) is 0 Å². The molecule has 0 bridgehead atoms. The van der Waals surface area contributed by atoms with Crippen molar-refractivity contribution in [3.05, 3.63) is 29.5 Å². The monoisotopic (exact) mass is 228 g/mol. The van der Waals surface area contributed by atoms with Crippen molar-refractivity contribution in [3.63, 3.8) is 0 Å². The summed E-state index contributed by atoms with van der Waals surface area (Å²) in [5.41, 5.74) is 0.103. The van der Waals surface area contributed by atoms with Gasteiger partial charge in [-0.1, -0.05) is 19.9 Å². The van der Waals surface area contributed by atoms with Gasteiger partial charge in [0.05, 0.1) is 10.7 Å². The number of aromatic nitrogens is 2. The summed E-state index contributed by atoms with van der Waals surface area (Å²) < 4.78 is 2.92. The Morgan fingerprint density at radius 1 is 1.75 bits per heavy atom. The van der Waals surface area contributed by atoms with E-state index in [2.05, 4.69) is 41.5 Å². The Balaban J connectivity index is 2.69. The minimum absolute atomic E-state index is 0.103. The summed E-state index contributed by atoms with van der Waals surface area (Å²) in [7, 11) is 0. The highest BCUT2D eigenvalue weighted by Gasteiger charge is 2.13. The zero-order valence-electron chi connectivity index (χ0n) is 7.42. The zero-order chi connectivity index (χ0) is 9.19. The molecule has 3 heteroatoms. The molecule has 12 heavy (non-hydrogen) atoms. The van der Waals surface area contributed by atoms with Gasteiger partial charge in [-0.3, -0.25) is 4.68 Å². The summed E-state index contributed by atoms with van der Waals surface area (Å²) in [5.74, 6) is 0. The van der Waals surface area contributed by atoms with Crippen LogP contribution in [-0.4, -0.2) is 9.78 Å². The van der Waals surface area contributed by atoms with Gasteiger partial charge < -0.3 is 0 Å². The van der Waals surface area contributed by atoms with E-state index in [1.165, 1.54) is 0 Å². The molecular weight excluding hydrogens is 216 g/mol. The van der Waals surface area contributed by atoms with Crippen molar-refractivity contribution in [2.24, 2.45) is 5.41 Å². The molecule has 2 nitrogen and oxygen atoms in total. The van der Waals surface area contributed by atoms with Gasteiger partial charge in [0, 0.05) is 18.2 Å². The normalized spacial score (nSPS) is 11.6. The minimum atomic E-state index is 0.103. The second-order valence-electron chi connectivity index (χ2n) is 3.55. The van der Waals surface area contributed by atoms with Gasteiger partial charge in [0.25, 0.3) is 0 Å². The third-order valence-electron chi connectivity index (χ3n) is 1.72. The fourth-order valence-corrected chi connectivity index (χ4v) is 1.23. The molecule has 0 fully saturated rings. The van der Waals surface area contributed by atoms with Gasteiger partial charge >= 0.3 is 0 Å².